The van der Waals surface area contributed by atoms with Crippen LogP contribution in [0.15, 0.2) is 16.9 Å². The van der Waals surface area contributed by atoms with Crippen molar-refractivity contribution < 1.29 is 9.63 Å². The van der Waals surface area contributed by atoms with Gasteiger partial charge in [0.05, 0.1) is 0 Å². The van der Waals surface area contributed by atoms with Crippen LogP contribution in [-0.2, 0) is 5.11 Å². The lowest BCUT2D eigenvalue weighted by atomic mass is 10.6. The highest BCUT2D eigenvalue weighted by Crippen LogP contribution is 2.01. The van der Waals surface area contributed by atoms with Crippen LogP contribution in [0.5, 0.6) is 0 Å². The molecule has 49 valence electrons. The Morgan fingerprint density at radius 3 is 3.11 bits per heavy atom. The van der Waals surface area contributed by atoms with Gasteiger partial charge >= 0.3 is 0 Å². The Morgan fingerprint density at radius 2 is 2.67 bits per heavy atom. The lowest BCUT2D eigenvalue weighted by molar-refractivity contribution is 0.129. The lowest BCUT2D eigenvalue weighted by Gasteiger charge is -1.99. The predicted octanol–water partition coefficient (Wildman–Crippen LogP) is 0.863. The van der Waals surface area contributed by atoms with Crippen molar-refractivity contribution in [3.05, 3.63) is 12.3 Å². The third-order valence-corrected chi connectivity index (χ3v) is 0.789. The summed E-state index contributed by atoms with van der Waals surface area (Å²) in [6.07, 6.45) is 0.570. The Hall–Kier alpha value is -1.03. The van der Waals surface area contributed by atoms with Gasteiger partial charge in [-0.05, 0) is 6.92 Å². The van der Waals surface area contributed by atoms with Crippen molar-refractivity contribution in [2.45, 2.75) is 13.2 Å². The highest BCUT2D eigenvalue weighted by Gasteiger charge is 1.98. The molecule has 1 rings (SSSR count). The van der Waals surface area contributed by atoms with Gasteiger partial charge in [-0.3, -0.25) is 0 Å². The fraction of sp³-hybridized carbons (Fsp3) is 0.400. The maximum absolute atomic E-state index is 10.4. The highest BCUT2D eigenvalue weighted by atomic mass is 16.5. The molecule has 1 heterocycles. The molecule has 4 heteroatoms. The van der Waals surface area contributed by atoms with E-state index >= 15 is 0 Å². The highest BCUT2D eigenvalue weighted by molar-refractivity contribution is 5.30. The lowest BCUT2D eigenvalue weighted by Crippen LogP contribution is -2.11. The minimum Gasteiger partial charge on any atom is -0.363 e. The Bertz CT molecular complexity index is 159. The summed E-state index contributed by atoms with van der Waals surface area (Å²) >= 11 is 0. The fourth-order valence-electron chi connectivity index (χ4n) is 0.495. The van der Waals surface area contributed by atoms with Gasteiger partial charge in [0.25, 0.3) is 0 Å². The summed E-state index contributed by atoms with van der Waals surface area (Å²) in [5, 5.41) is 16.4. The Kier molecular flexibility index (Phi) is 1.69. The van der Waals surface area contributed by atoms with E-state index in [2.05, 4.69) is 15.0 Å². The van der Waals surface area contributed by atoms with Gasteiger partial charge in [0.1, 0.15) is 6.26 Å². The monoisotopic (exact) mass is 127 g/mol. The molecule has 1 unspecified atom stereocenters. The van der Waals surface area contributed by atoms with Crippen LogP contribution in [0, 0.1) is 0 Å². The van der Waals surface area contributed by atoms with Crippen LogP contribution >= 0.6 is 0 Å². The fourth-order valence-corrected chi connectivity index (χ4v) is 0.495. The van der Waals surface area contributed by atoms with Gasteiger partial charge in [-0.25, -0.2) is 5.11 Å². The molecule has 1 aromatic rings. The van der Waals surface area contributed by atoms with Crippen molar-refractivity contribution in [3.63, 3.8) is 0 Å². The molecule has 0 saturated heterocycles. The smallest absolute Gasteiger partial charge is 0.171 e. The maximum atomic E-state index is 10.4. The molecule has 1 N–H and O–H groups in total. The van der Waals surface area contributed by atoms with Crippen molar-refractivity contribution >= 4 is 5.82 Å². The molecule has 1 radical (unpaired) electrons. The first-order valence-corrected chi connectivity index (χ1v) is 2.62. The first-order valence-electron chi connectivity index (χ1n) is 2.62. The van der Waals surface area contributed by atoms with Crippen LogP contribution in [0.4, 0.5) is 5.82 Å². The van der Waals surface area contributed by atoms with Crippen molar-refractivity contribution in [2.24, 2.45) is 0 Å². The van der Waals surface area contributed by atoms with Crippen molar-refractivity contribution in [3.8, 4) is 0 Å². The molecule has 0 amide bonds. The van der Waals surface area contributed by atoms with Crippen LogP contribution < -0.4 is 5.32 Å². The number of hydrogen-bond acceptors (Lipinski definition) is 3. The molecule has 0 spiro atoms. The van der Waals surface area contributed by atoms with E-state index in [4.69, 9.17) is 0 Å². The van der Waals surface area contributed by atoms with E-state index in [1.54, 1.807) is 6.07 Å². The zero-order valence-corrected chi connectivity index (χ0v) is 5.00. The van der Waals surface area contributed by atoms with E-state index in [1.807, 2.05) is 0 Å². The van der Waals surface area contributed by atoms with E-state index in [0.29, 0.717) is 5.82 Å². The van der Waals surface area contributed by atoms with Gasteiger partial charge in [0.2, 0.25) is 0 Å². The van der Waals surface area contributed by atoms with Gasteiger partial charge in [0.15, 0.2) is 12.0 Å². The minimum absolute atomic E-state index is 0.484. The summed E-state index contributed by atoms with van der Waals surface area (Å²) in [5.41, 5.74) is 0. The van der Waals surface area contributed by atoms with Crippen LogP contribution in [0.25, 0.3) is 0 Å². The number of rotatable bonds is 2. The Morgan fingerprint density at radius 1 is 1.89 bits per heavy atom. The molecule has 0 bridgehead atoms. The zero-order chi connectivity index (χ0) is 6.69. The average Bonchev–Trinajstić information content (AvgIpc) is 2.15. The molecule has 0 aromatic carbocycles. The summed E-state index contributed by atoms with van der Waals surface area (Å²) in [7, 11) is 0. The molecular weight excluding hydrogens is 120 g/mol. The molecule has 0 aliphatic rings. The van der Waals surface area contributed by atoms with Gasteiger partial charge in [0, 0.05) is 6.07 Å². The van der Waals surface area contributed by atoms with Crippen LogP contribution in [0.2, 0.25) is 0 Å². The van der Waals surface area contributed by atoms with Gasteiger partial charge in [-0.1, -0.05) is 5.16 Å². The number of aromatic nitrogens is 1. The normalized spacial score (nSPS) is 13.1. The third-order valence-electron chi connectivity index (χ3n) is 0.789. The molecule has 1 atom stereocenters. The second-order valence-electron chi connectivity index (χ2n) is 1.67. The summed E-state index contributed by atoms with van der Waals surface area (Å²) < 4.78 is 4.46. The molecule has 4 nitrogen and oxygen atoms in total. The number of hydrogen-bond donors (Lipinski definition) is 1. The molecular formula is C5H7N2O2. The molecule has 0 saturated carbocycles. The first kappa shape index (κ1) is 6.10. The van der Waals surface area contributed by atoms with Crippen LogP contribution in [-0.4, -0.2) is 11.4 Å². The molecule has 9 heavy (non-hydrogen) atoms. The third kappa shape index (κ3) is 1.73. The average molecular weight is 127 g/mol. The second-order valence-corrected chi connectivity index (χ2v) is 1.67. The topological polar surface area (TPSA) is 58.0 Å². The number of nitrogens with zero attached hydrogens (tertiary/aromatic N) is 1. The molecule has 0 fully saturated rings. The van der Waals surface area contributed by atoms with E-state index in [9.17, 15) is 5.11 Å². The van der Waals surface area contributed by atoms with Gasteiger partial charge < -0.3 is 9.84 Å². The van der Waals surface area contributed by atoms with Crippen LogP contribution in [0.3, 0.4) is 0 Å². The molecule has 0 aliphatic carbocycles. The van der Waals surface area contributed by atoms with Crippen molar-refractivity contribution in [1.29, 1.82) is 0 Å². The van der Waals surface area contributed by atoms with Gasteiger partial charge in [-0.15, -0.1) is 0 Å². The summed E-state index contributed by atoms with van der Waals surface area (Å²) in [6.45, 7) is 1.49. The van der Waals surface area contributed by atoms with E-state index in [-0.39, 0.29) is 0 Å². The van der Waals surface area contributed by atoms with Crippen LogP contribution in [0.1, 0.15) is 6.92 Å². The quantitative estimate of drug-likeness (QED) is 0.599. The second kappa shape index (κ2) is 2.50. The zero-order valence-electron chi connectivity index (χ0n) is 5.00. The maximum Gasteiger partial charge on any atom is 0.171 e. The minimum atomic E-state index is -0.838. The molecule has 1 aromatic heterocycles. The van der Waals surface area contributed by atoms with Gasteiger partial charge in [-0.2, -0.15) is 0 Å². The Balaban J connectivity index is 2.48. The number of anilines is 1. The summed E-state index contributed by atoms with van der Waals surface area (Å²) in [5.74, 6) is 0.484. The Labute approximate surface area is 52.5 Å². The predicted molar refractivity (Wildman–Crippen MR) is 30.3 cm³/mol. The first-order chi connectivity index (χ1) is 4.29. The van der Waals surface area contributed by atoms with E-state index < -0.39 is 6.23 Å². The van der Waals surface area contributed by atoms with E-state index in [1.165, 1.54) is 13.2 Å². The summed E-state index contributed by atoms with van der Waals surface area (Å²) in [6, 6.07) is 1.59. The standard InChI is InChI=1S/C5H7N2O2/c1-4(8)6-5-2-3-9-7-5/h2-4H,1H3,(H,6,7). The van der Waals surface area contributed by atoms with Crippen molar-refractivity contribution in [2.75, 3.05) is 5.32 Å². The van der Waals surface area contributed by atoms with E-state index in [0.717, 1.165) is 0 Å². The number of nitrogens with one attached hydrogen (secondary N) is 1. The summed E-state index contributed by atoms with van der Waals surface area (Å²) in [4.78, 5) is 0. The largest absolute Gasteiger partial charge is 0.363 e. The van der Waals surface area contributed by atoms with Crippen molar-refractivity contribution in [1.82, 2.24) is 5.16 Å². The SMILES string of the molecule is CC([O])Nc1ccon1. The molecule has 0 aliphatic heterocycles.